The van der Waals surface area contributed by atoms with Gasteiger partial charge in [-0.15, -0.1) is 10.2 Å². The lowest BCUT2D eigenvalue weighted by Crippen LogP contribution is -2.35. The van der Waals surface area contributed by atoms with Gasteiger partial charge in [0.2, 0.25) is 0 Å². The fourth-order valence-electron chi connectivity index (χ4n) is 3.34. The first-order chi connectivity index (χ1) is 10.9. The maximum atomic E-state index is 5.45. The highest BCUT2D eigenvalue weighted by atomic mass is 16.7. The lowest BCUT2D eigenvalue weighted by atomic mass is 9.93. The minimum Gasteiger partial charge on any atom is -0.350 e. The Morgan fingerprint density at radius 3 is 2.64 bits per heavy atom. The van der Waals surface area contributed by atoms with Crippen LogP contribution < -0.4 is 0 Å². The molecule has 0 saturated carbocycles. The van der Waals surface area contributed by atoms with Gasteiger partial charge in [-0.1, -0.05) is 11.6 Å². The van der Waals surface area contributed by atoms with E-state index >= 15 is 0 Å². The van der Waals surface area contributed by atoms with Gasteiger partial charge in [0.1, 0.15) is 0 Å². The minimum atomic E-state index is 0.0703. The largest absolute Gasteiger partial charge is 0.350 e. The Morgan fingerprint density at radius 1 is 1.09 bits per heavy atom. The number of aromatic nitrogens is 4. The maximum absolute atomic E-state index is 5.45. The van der Waals surface area contributed by atoms with Crippen LogP contribution in [0.15, 0.2) is 0 Å². The number of nitrogens with zero attached hydrogens (tertiary/aromatic N) is 4. The van der Waals surface area contributed by atoms with Crippen molar-refractivity contribution in [2.45, 2.75) is 51.2 Å². The molecule has 2 fully saturated rings. The predicted octanol–water partition coefficient (Wildman–Crippen LogP) is 1.39. The van der Waals surface area contributed by atoms with Crippen molar-refractivity contribution in [3.63, 3.8) is 0 Å². The number of aromatic amines is 1. The molecule has 7 heteroatoms. The van der Waals surface area contributed by atoms with Crippen LogP contribution in [0.4, 0.5) is 0 Å². The summed E-state index contributed by atoms with van der Waals surface area (Å²) in [6, 6.07) is 0. The summed E-state index contributed by atoms with van der Waals surface area (Å²) in [4.78, 5) is 2.59. The Morgan fingerprint density at radius 2 is 1.91 bits per heavy atom. The summed E-state index contributed by atoms with van der Waals surface area (Å²) in [5.74, 6) is 1.57. The van der Waals surface area contributed by atoms with Crippen LogP contribution in [0.5, 0.6) is 0 Å². The molecular weight excluding hydrogens is 282 g/mol. The van der Waals surface area contributed by atoms with Crippen molar-refractivity contribution in [3.8, 4) is 0 Å². The Bertz CT molecular complexity index is 400. The van der Waals surface area contributed by atoms with Gasteiger partial charge in [0.25, 0.3) is 0 Å². The summed E-state index contributed by atoms with van der Waals surface area (Å²) in [6.45, 7) is 5.17. The highest BCUT2D eigenvalue weighted by molar-refractivity contribution is 4.83. The fraction of sp³-hybridized carbons (Fsp3) is 0.933. The van der Waals surface area contributed by atoms with Gasteiger partial charge in [-0.3, -0.25) is 0 Å². The van der Waals surface area contributed by atoms with Gasteiger partial charge in [-0.25, -0.2) is 0 Å². The van der Waals surface area contributed by atoms with Gasteiger partial charge >= 0.3 is 0 Å². The molecule has 0 spiro atoms. The first-order valence-corrected chi connectivity index (χ1v) is 8.58. The molecule has 1 N–H and O–H groups in total. The second-order valence-corrected chi connectivity index (χ2v) is 6.34. The summed E-state index contributed by atoms with van der Waals surface area (Å²) >= 11 is 0. The number of tetrazole rings is 1. The van der Waals surface area contributed by atoms with E-state index in [9.17, 15) is 0 Å². The zero-order chi connectivity index (χ0) is 15.0. The fourth-order valence-corrected chi connectivity index (χ4v) is 3.34. The van der Waals surface area contributed by atoms with E-state index < -0.39 is 0 Å². The van der Waals surface area contributed by atoms with Crippen LogP contribution in [0.3, 0.4) is 0 Å². The number of unbranched alkanes of at least 4 members (excludes halogenated alkanes) is 2. The van der Waals surface area contributed by atoms with Crippen molar-refractivity contribution in [1.82, 2.24) is 25.5 Å². The van der Waals surface area contributed by atoms with E-state index in [4.69, 9.17) is 9.47 Å². The Balaban J connectivity index is 1.21. The molecule has 0 atom stereocenters. The number of H-pyrrole nitrogens is 1. The van der Waals surface area contributed by atoms with E-state index in [1.165, 1.54) is 51.7 Å². The van der Waals surface area contributed by atoms with Crippen molar-refractivity contribution in [2.75, 3.05) is 32.8 Å². The first-order valence-electron chi connectivity index (χ1n) is 8.58. The van der Waals surface area contributed by atoms with Crippen molar-refractivity contribution >= 4 is 0 Å². The smallest absolute Gasteiger partial charge is 0.174 e. The van der Waals surface area contributed by atoms with Gasteiger partial charge in [-0.2, -0.15) is 5.21 Å². The highest BCUT2D eigenvalue weighted by Crippen LogP contribution is 2.20. The average Bonchev–Trinajstić information content (AvgIpc) is 3.22. The van der Waals surface area contributed by atoms with Gasteiger partial charge in [-0.05, 0) is 57.7 Å². The van der Waals surface area contributed by atoms with Crippen LogP contribution >= 0.6 is 0 Å². The normalized spacial score (nSPS) is 21.6. The monoisotopic (exact) mass is 309 g/mol. The van der Waals surface area contributed by atoms with E-state index in [1.807, 2.05) is 0 Å². The second kappa shape index (κ2) is 8.55. The van der Waals surface area contributed by atoms with Crippen LogP contribution in [-0.4, -0.2) is 64.7 Å². The number of hydrogen-bond acceptors (Lipinski definition) is 6. The lowest BCUT2D eigenvalue weighted by Gasteiger charge is -2.31. The van der Waals surface area contributed by atoms with Crippen LogP contribution in [0, 0.1) is 5.92 Å². The molecule has 2 aliphatic rings. The first kappa shape index (κ1) is 15.8. The Kier molecular flexibility index (Phi) is 6.15. The molecule has 22 heavy (non-hydrogen) atoms. The quantitative estimate of drug-likeness (QED) is 0.731. The molecule has 0 amide bonds. The van der Waals surface area contributed by atoms with Gasteiger partial charge in [0.15, 0.2) is 12.1 Å². The van der Waals surface area contributed by atoms with Crippen LogP contribution in [-0.2, 0) is 15.9 Å². The van der Waals surface area contributed by atoms with Crippen molar-refractivity contribution in [3.05, 3.63) is 5.82 Å². The van der Waals surface area contributed by atoms with Crippen molar-refractivity contribution in [2.24, 2.45) is 5.92 Å². The zero-order valence-electron chi connectivity index (χ0n) is 13.2. The number of hydrogen-bond donors (Lipinski definition) is 1. The number of likely N-dealkylation sites (tertiary alicyclic amines) is 1. The van der Waals surface area contributed by atoms with Crippen LogP contribution in [0.2, 0.25) is 0 Å². The summed E-state index contributed by atoms with van der Waals surface area (Å²) in [6.07, 6.45) is 8.34. The molecule has 124 valence electrons. The number of rotatable bonds is 8. The molecule has 0 aliphatic carbocycles. The maximum Gasteiger partial charge on any atom is 0.174 e. The van der Waals surface area contributed by atoms with E-state index in [2.05, 4.69) is 25.5 Å². The molecule has 1 aromatic heterocycles. The zero-order valence-corrected chi connectivity index (χ0v) is 13.2. The van der Waals surface area contributed by atoms with Crippen molar-refractivity contribution in [1.29, 1.82) is 0 Å². The Hall–Kier alpha value is -1.05. The molecule has 0 bridgehead atoms. The number of ether oxygens (including phenoxy) is 2. The summed E-state index contributed by atoms with van der Waals surface area (Å²) in [5.41, 5.74) is 0. The summed E-state index contributed by atoms with van der Waals surface area (Å²) < 4.78 is 10.9. The third kappa shape index (κ3) is 5.00. The topological polar surface area (TPSA) is 76.2 Å². The third-order valence-corrected chi connectivity index (χ3v) is 4.67. The Labute approximate surface area is 131 Å². The third-order valence-electron chi connectivity index (χ3n) is 4.67. The van der Waals surface area contributed by atoms with E-state index in [0.717, 1.165) is 31.9 Å². The van der Waals surface area contributed by atoms with Crippen LogP contribution in [0.25, 0.3) is 0 Å². The summed E-state index contributed by atoms with van der Waals surface area (Å²) in [5, 5.41) is 14.3. The minimum absolute atomic E-state index is 0.0703. The molecule has 2 saturated heterocycles. The second-order valence-electron chi connectivity index (χ2n) is 6.34. The molecule has 0 aromatic carbocycles. The molecule has 0 radical (unpaired) electrons. The van der Waals surface area contributed by atoms with E-state index in [-0.39, 0.29) is 6.29 Å². The number of nitrogens with one attached hydrogen (secondary N) is 1. The lowest BCUT2D eigenvalue weighted by molar-refractivity contribution is -0.0480. The van der Waals surface area contributed by atoms with Gasteiger partial charge in [0.05, 0.1) is 13.2 Å². The van der Waals surface area contributed by atoms with Crippen molar-refractivity contribution < 1.29 is 9.47 Å². The van der Waals surface area contributed by atoms with Crippen LogP contribution in [0.1, 0.15) is 44.3 Å². The average molecular weight is 309 g/mol. The van der Waals surface area contributed by atoms with Gasteiger partial charge in [0, 0.05) is 6.42 Å². The van der Waals surface area contributed by atoms with E-state index in [1.54, 1.807) is 0 Å². The molecule has 2 aliphatic heterocycles. The predicted molar refractivity (Wildman–Crippen MR) is 81.2 cm³/mol. The molecular formula is C15H27N5O2. The molecule has 3 heterocycles. The summed E-state index contributed by atoms with van der Waals surface area (Å²) in [7, 11) is 0. The van der Waals surface area contributed by atoms with E-state index in [0.29, 0.717) is 5.92 Å². The molecule has 1 aromatic rings. The SMILES string of the molecule is C(CCC1OCCO1)CCN1CCC(Cc2nn[nH]n2)CC1. The molecule has 0 unspecified atom stereocenters. The standard InChI is InChI=1S/C15H27N5O2/c1(2-4-15-21-10-11-22-15)3-7-20-8-5-13(6-9-20)12-14-16-18-19-17-14/h13,15H,1-12H2,(H,16,17,18,19). The number of piperidine rings is 1. The molecule has 3 rings (SSSR count). The molecule has 7 nitrogen and oxygen atoms in total. The van der Waals surface area contributed by atoms with Gasteiger partial charge < -0.3 is 14.4 Å². The highest BCUT2D eigenvalue weighted by Gasteiger charge is 2.20.